The third kappa shape index (κ3) is 4.52. The number of hydrogen-bond acceptors (Lipinski definition) is 4. The maximum absolute atomic E-state index is 10.1. The number of aliphatic imine (C=N–C) groups is 1. The molecular weight excluding hydrogens is 156 g/mol. The van der Waals surface area contributed by atoms with Crippen LogP contribution >= 0.6 is 0 Å². The van der Waals surface area contributed by atoms with Gasteiger partial charge in [-0.25, -0.2) is 4.79 Å². The van der Waals surface area contributed by atoms with Gasteiger partial charge in [0.2, 0.25) is 6.08 Å². The van der Waals surface area contributed by atoms with E-state index in [0.717, 1.165) is 6.42 Å². The minimum Gasteiger partial charge on any atom is -0.211 e. The second kappa shape index (κ2) is 6.43. The van der Waals surface area contributed by atoms with E-state index < -0.39 is 6.17 Å². The summed E-state index contributed by atoms with van der Waals surface area (Å²) in [6.07, 6.45) is 3.57. The van der Waals surface area contributed by atoms with Crippen molar-refractivity contribution in [3.05, 3.63) is 17.6 Å². The Morgan fingerprint density at radius 2 is 2.33 bits per heavy atom. The summed E-state index contributed by atoms with van der Waals surface area (Å²) in [6.45, 7) is 5.51. The minimum absolute atomic E-state index is 0.266. The van der Waals surface area contributed by atoms with Crippen molar-refractivity contribution in [2.75, 3.05) is 0 Å². The zero-order valence-corrected chi connectivity index (χ0v) is 7.06. The molecule has 0 N–H and O–H groups in total. The molecule has 0 aromatic carbocycles. The van der Waals surface area contributed by atoms with E-state index in [1.54, 1.807) is 6.08 Å². The molecule has 0 bridgehead atoms. The summed E-state index contributed by atoms with van der Waals surface area (Å²) >= 11 is 0. The van der Waals surface area contributed by atoms with Gasteiger partial charge in [-0.05, 0) is 23.9 Å². The number of hydrogen-bond donors (Lipinski definition) is 0. The van der Waals surface area contributed by atoms with Gasteiger partial charge in [0.25, 0.3) is 0 Å². The van der Waals surface area contributed by atoms with E-state index in [1.165, 1.54) is 6.08 Å². The van der Waals surface area contributed by atoms with Crippen molar-refractivity contribution in [1.29, 1.82) is 0 Å². The van der Waals surface area contributed by atoms with Crippen LogP contribution in [-0.4, -0.2) is 12.2 Å². The van der Waals surface area contributed by atoms with Crippen molar-refractivity contribution < 1.29 is 4.79 Å². The fourth-order valence-electron chi connectivity index (χ4n) is 0.921. The van der Waals surface area contributed by atoms with Crippen LogP contribution in [0.4, 0.5) is 0 Å². The molecule has 4 heteroatoms. The quantitative estimate of drug-likeness (QED) is 0.263. The fraction of sp³-hybridized carbons (Fsp3) is 0.625. The Bertz CT molecular complexity index is 197. The number of carbonyl (C=O) groups excluding carboxylic acids is 1. The predicted octanol–water partition coefficient (Wildman–Crippen LogP) is 2.02. The summed E-state index contributed by atoms with van der Waals surface area (Å²) in [7, 11) is 0. The van der Waals surface area contributed by atoms with Gasteiger partial charge in [0, 0.05) is 0 Å². The number of nitrogens with zero attached hydrogens (tertiary/aromatic N) is 2. The summed E-state index contributed by atoms with van der Waals surface area (Å²) in [5.41, 5.74) is 0. The zero-order valence-electron chi connectivity index (χ0n) is 7.06. The molecule has 0 aromatic rings. The summed E-state index contributed by atoms with van der Waals surface area (Å²) in [5.74, 6) is 0.266. The number of nitroso groups, excluding NO2 is 1. The topological polar surface area (TPSA) is 58.9 Å². The van der Waals surface area contributed by atoms with Gasteiger partial charge in [0.15, 0.2) is 6.17 Å². The molecule has 0 saturated heterocycles. The summed E-state index contributed by atoms with van der Waals surface area (Å²) in [4.78, 5) is 23.1. The first kappa shape index (κ1) is 10.7. The Balaban J connectivity index is 3.91. The van der Waals surface area contributed by atoms with Crippen molar-refractivity contribution in [3.8, 4) is 0 Å². The number of allylic oxidation sites excluding steroid dienone is 1. The number of rotatable bonds is 6. The van der Waals surface area contributed by atoms with Crippen LogP contribution in [0, 0.1) is 10.8 Å². The first-order chi connectivity index (χ1) is 5.74. The lowest BCUT2D eigenvalue weighted by Gasteiger charge is -2.07. The zero-order chi connectivity index (χ0) is 9.40. The van der Waals surface area contributed by atoms with Gasteiger partial charge in [-0.3, -0.25) is 0 Å². The lowest BCUT2D eigenvalue weighted by Crippen LogP contribution is -2.05. The van der Waals surface area contributed by atoms with Crippen molar-refractivity contribution in [2.45, 2.75) is 25.9 Å². The van der Waals surface area contributed by atoms with E-state index >= 15 is 0 Å². The van der Waals surface area contributed by atoms with Gasteiger partial charge < -0.3 is 0 Å². The predicted molar refractivity (Wildman–Crippen MR) is 46.3 cm³/mol. The molecule has 0 aliphatic carbocycles. The van der Waals surface area contributed by atoms with Crippen LogP contribution in [0.15, 0.2) is 22.8 Å². The van der Waals surface area contributed by atoms with E-state index in [9.17, 15) is 9.70 Å². The molecule has 0 radical (unpaired) electrons. The van der Waals surface area contributed by atoms with Gasteiger partial charge in [-0.2, -0.15) is 4.99 Å². The Morgan fingerprint density at radius 3 is 2.75 bits per heavy atom. The van der Waals surface area contributed by atoms with Crippen LogP contribution in [0.3, 0.4) is 0 Å². The highest BCUT2D eigenvalue weighted by molar-refractivity contribution is 5.33. The molecule has 2 unspecified atom stereocenters. The van der Waals surface area contributed by atoms with Gasteiger partial charge in [0.1, 0.15) is 0 Å². The van der Waals surface area contributed by atoms with Gasteiger partial charge in [-0.1, -0.05) is 13.0 Å². The smallest absolute Gasteiger partial charge is 0.211 e. The fourth-order valence-corrected chi connectivity index (χ4v) is 0.921. The molecule has 0 saturated carbocycles. The summed E-state index contributed by atoms with van der Waals surface area (Å²) in [5, 5.41) is 2.69. The lowest BCUT2D eigenvalue weighted by atomic mass is 10.0. The molecule has 0 aromatic heterocycles. The van der Waals surface area contributed by atoms with Gasteiger partial charge in [0.05, 0.1) is 0 Å². The normalized spacial score (nSPS) is 14.1. The van der Waals surface area contributed by atoms with Gasteiger partial charge in [-0.15, -0.1) is 11.5 Å². The summed E-state index contributed by atoms with van der Waals surface area (Å²) < 4.78 is 0. The molecule has 0 aliphatic rings. The molecule has 0 aliphatic heterocycles. The highest BCUT2D eigenvalue weighted by Crippen LogP contribution is 2.13. The molecule has 0 spiro atoms. The maximum atomic E-state index is 10.1. The van der Waals surface area contributed by atoms with Gasteiger partial charge >= 0.3 is 0 Å². The Kier molecular flexibility index (Phi) is 5.75. The van der Waals surface area contributed by atoms with Crippen molar-refractivity contribution in [2.24, 2.45) is 16.1 Å². The first-order valence-electron chi connectivity index (χ1n) is 3.75. The van der Waals surface area contributed by atoms with Crippen LogP contribution in [0.1, 0.15) is 19.8 Å². The Hall–Kier alpha value is -1.28. The van der Waals surface area contributed by atoms with Crippen LogP contribution in [0.5, 0.6) is 0 Å². The van der Waals surface area contributed by atoms with E-state index in [4.69, 9.17) is 0 Å². The second-order valence-corrected chi connectivity index (χ2v) is 2.67. The molecule has 0 fully saturated rings. The molecule has 66 valence electrons. The van der Waals surface area contributed by atoms with E-state index in [1.807, 2.05) is 6.92 Å². The second-order valence-electron chi connectivity index (χ2n) is 2.67. The Labute approximate surface area is 71.4 Å². The third-order valence-corrected chi connectivity index (χ3v) is 1.51. The Morgan fingerprint density at radius 1 is 1.67 bits per heavy atom. The maximum Gasteiger partial charge on any atom is 0.237 e. The monoisotopic (exact) mass is 168 g/mol. The third-order valence-electron chi connectivity index (χ3n) is 1.51. The lowest BCUT2D eigenvalue weighted by molar-refractivity contribution is 0.472. The molecule has 4 nitrogen and oxygen atoms in total. The summed E-state index contributed by atoms with van der Waals surface area (Å²) in [6, 6.07) is 0. The highest BCUT2D eigenvalue weighted by Gasteiger charge is 2.10. The largest absolute Gasteiger partial charge is 0.237 e. The van der Waals surface area contributed by atoms with Crippen LogP contribution in [-0.2, 0) is 4.79 Å². The van der Waals surface area contributed by atoms with Crippen LogP contribution in [0.25, 0.3) is 0 Å². The highest BCUT2D eigenvalue weighted by atomic mass is 16.3. The van der Waals surface area contributed by atoms with Crippen molar-refractivity contribution in [1.82, 2.24) is 0 Å². The van der Waals surface area contributed by atoms with Crippen molar-refractivity contribution >= 4 is 6.08 Å². The first-order valence-corrected chi connectivity index (χ1v) is 3.75. The molecule has 0 heterocycles. The molecule has 0 amide bonds. The van der Waals surface area contributed by atoms with E-state index in [0.29, 0.717) is 6.42 Å². The van der Waals surface area contributed by atoms with Crippen LogP contribution in [0.2, 0.25) is 0 Å². The van der Waals surface area contributed by atoms with E-state index in [2.05, 4.69) is 16.7 Å². The van der Waals surface area contributed by atoms with Crippen LogP contribution < -0.4 is 0 Å². The van der Waals surface area contributed by atoms with E-state index in [-0.39, 0.29) is 5.92 Å². The molecular formula is C8H12N2O2. The molecule has 2 atom stereocenters. The minimum atomic E-state index is -0.780. The number of isocyanates is 1. The molecule has 12 heavy (non-hydrogen) atoms. The average molecular weight is 168 g/mol. The standard InChI is InChI=1S/C8H12N2O2/c1-3-4-7(2)5-8(10-12)9-6-11/h3,7-8H,1,4-5H2,2H3. The van der Waals surface area contributed by atoms with Crippen molar-refractivity contribution in [3.63, 3.8) is 0 Å². The molecule has 0 rings (SSSR count). The SMILES string of the molecule is C=CCC(C)CC(N=O)N=C=O. The average Bonchev–Trinajstić information content (AvgIpc) is 2.04.